The minimum absolute atomic E-state index is 0.372. The lowest BCUT2D eigenvalue weighted by Gasteiger charge is -2.51. The van der Waals surface area contributed by atoms with Gasteiger partial charge in [0.2, 0.25) is 0 Å². The Bertz CT molecular complexity index is 329. The van der Waals surface area contributed by atoms with Crippen molar-refractivity contribution in [3.05, 3.63) is 0 Å². The fourth-order valence-electron chi connectivity index (χ4n) is 4.30. The Morgan fingerprint density at radius 1 is 1.10 bits per heavy atom. The van der Waals surface area contributed by atoms with Crippen LogP contribution in [0.15, 0.2) is 0 Å². The fraction of sp³-hybridized carbons (Fsp3) is 1.00. The van der Waals surface area contributed by atoms with Gasteiger partial charge in [0.1, 0.15) is 0 Å². The summed E-state index contributed by atoms with van der Waals surface area (Å²) in [5, 5.41) is 0. The number of rotatable bonds is 3. The van der Waals surface area contributed by atoms with Gasteiger partial charge in [0, 0.05) is 37.3 Å². The highest BCUT2D eigenvalue weighted by Gasteiger charge is 2.40. The van der Waals surface area contributed by atoms with Crippen LogP contribution in [0.25, 0.3) is 0 Å². The van der Waals surface area contributed by atoms with Crippen LogP contribution < -0.4 is 5.73 Å². The number of nitrogens with two attached hydrogens (primary N) is 1. The van der Waals surface area contributed by atoms with Gasteiger partial charge in [-0.05, 0) is 51.5 Å². The Hall–Kier alpha value is -0.120. The van der Waals surface area contributed by atoms with E-state index >= 15 is 0 Å². The Kier molecular flexibility index (Phi) is 5.38. The fourth-order valence-corrected chi connectivity index (χ4v) is 4.30. The van der Waals surface area contributed by atoms with Gasteiger partial charge in [0.05, 0.1) is 0 Å². The van der Waals surface area contributed by atoms with Gasteiger partial charge in [-0.3, -0.25) is 9.80 Å². The second-order valence-electron chi connectivity index (χ2n) is 8.40. The van der Waals surface area contributed by atoms with Gasteiger partial charge in [0.15, 0.2) is 0 Å². The van der Waals surface area contributed by atoms with E-state index in [9.17, 15) is 0 Å². The molecule has 0 aromatic rings. The highest BCUT2D eigenvalue weighted by atomic mass is 15.3. The van der Waals surface area contributed by atoms with Gasteiger partial charge in [0.25, 0.3) is 0 Å². The minimum atomic E-state index is 0.372. The van der Waals surface area contributed by atoms with E-state index in [1.807, 2.05) is 0 Å². The first-order valence-corrected chi connectivity index (χ1v) is 8.97. The van der Waals surface area contributed by atoms with Gasteiger partial charge >= 0.3 is 0 Å². The van der Waals surface area contributed by atoms with Crippen molar-refractivity contribution in [2.75, 3.05) is 20.1 Å². The molecule has 21 heavy (non-hydrogen) atoms. The molecule has 2 fully saturated rings. The summed E-state index contributed by atoms with van der Waals surface area (Å²) in [7, 11) is 2.26. The largest absolute Gasteiger partial charge is 0.326 e. The highest BCUT2D eigenvalue weighted by Crippen LogP contribution is 2.41. The van der Waals surface area contributed by atoms with Gasteiger partial charge in [-0.1, -0.05) is 27.2 Å². The van der Waals surface area contributed by atoms with Crippen molar-refractivity contribution in [2.45, 2.75) is 84.5 Å². The smallest absolute Gasteiger partial charge is 0.0251 e. The number of hydrogen-bond acceptors (Lipinski definition) is 3. The Labute approximate surface area is 132 Å². The summed E-state index contributed by atoms with van der Waals surface area (Å²) in [6, 6.07) is 2.24. The molecule has 3 heteroatoms. The lowest BCUT2D eigenvalue weighted by atomic mass is 9.67. The van der Waals surface area contributed by atoms with Crippen molar-refractivity contribution < 1.29 is 0 Å². The van der Waals surface area contributed by atoms with E-state index < -0.39 is 0 Å². The molecule has 1 aliphatic carbocycles. The topological polar surface area (TPSA) is 32.5 Å². The third-order valence-corrected chi connectivity index (χ3v) is 6.74. The van der Waals surface area contributed by atoms with Crippen LogP contribution in [0.5, 0.6) is 0 Å². The summed E-state index contributed by atoms with van der Waals surface area (Å²) < 4.78 is 0. The SMILES string of the molecule is CCC(C)(C)C1CCC(N)C(N2CC(C)N(C)C(C)C2)C1. The summed E-state index contributed by atoms with van der Waals surface area (Å²) in [6.45, 7) is 14.3. The molecule has 5 unspecified atom stereocenters. The monoisotopic (exact) mass is 295 g/mol. The van der Waals surface area contributed by atoms with E-state index in [4.69, 9.17) is 5.73 Å². The molecular weight excluding hydrogens is 258 g/mol. The summed E-state index contributed by atoms with van der Waals surface area (Å²) in [5.74, 6) is 0.831. The maximum absolute atomic E-state index is 6.53. The molecule has 1 heterocycles. The van der Waals surface area contributed by atoms with Crippen LogP contribution in [0.4, 0.5) is 0 Å². The number of piperazine rings is 1. The first kappa shape index (κ1) is 17.2. The molecule has 0 radical (unpaired) electrons. The van der Waals surface area contributed by atoms with Crippen molar-refractivity contribution in [1.82, 2.24) is 9.80 Å². The van der Waals surface area contributed by atoms with Crippen LogP contribution in [0.2, 0.25) is 0 Å². The molecular formula is C18H37N3. The van der Waals surface area contributed by atoms with E-state index in [0.717, 1.165) is 5.92 Å². The average Bonchev–Trinajstić information content (AvgIpc) is 2.44. The van der Waals surface area contributed by atoms with E-state index in [2.05, 4.69) is 51.5 Å². The van der Waals surface area contributed by atoms with Crippen molar-refractivity contribution in [1.29, 1.82) is 0 Å². The number of hydrogen-bond donors (Lipinski definition) is 1. The summed E-state index contributed by atoms with van der Waals surface area (Å²) in [5.41, 5.74) is 6.99. The third-order valence-electron chi connectivity index (χ3n) is 6.74. The van der Waals surface area contributed by atoms with Gasteiger partial charge in [-0.2, -0.15) is 0 Å². The summed E-state index contributed by atoms with van der Waals surface area (Å²) in [4.78, 5) is 5.22. The predicted molar refractivity (Wildman–Crippen MR) is 91.4 cm³/mol. The lowest BCUT2D eigenvalue weighted by molar-refractivity contribution is -0.00477. The normalized spacial score (nSPS) is 40.4. The van der Waals surface area contributed by atoms with Crippen molar-refractivity contribution in [3.63, 3.8) is 0 Å². The first-order chi connectivity index (χ1) is 9.76. The molecule has 0 aromatic heterocycles. The maximum Gasteiger partial charge on any atom is 0.0251 e. The molecule has 2 aliphatic rings. The van der Waals surface area contributed by atoms with Crippen LogP contribution in [0.1, 0.15) is 60.3 Å². The molecule has 0 aromatic carbocycles. The number of nitrogens with zero attached hydrogens (tertiary/aromatic N) is 2. The molecule has 0 amide bonds. The molecule has 0 bridgehead atoms. The lowest BCUT2D eigenvalue weighted by Crippen LogP contribution is -2.62. The number of likely N-dealkylation sites (N-methyl/N-ethyl adjacent to an activating group) is 1. The Morgan fingerprint density at radius 3 is 2.19 bits per heavy atom. The van der Waals surface area contributed by atoms with Crippen molar-refractivity contribution in [3.8, 4) is 0 Å². The van der Waals surface area contributed by atoms with E-state index in [0.29, 0.717) is 29.6 Å². The van der Waals surface area contributed by atoms with E-state index in [1.165, 1.54) is 38.8 Å². The molecule has 1 aliphatic heterocycles. The Morgan fingerprint density at radius 2 is 1.67 bits per heavy atom. The first-order valence-electron chi connectivity index (χ1n) is 8.97. The zero-order valence-electron chi connectivity index (χ0n) is 15.1. The van der Waals surface area contributed by atoms with Crippen molar-refractivity contribution in [2.24, 2.45) is 17.1 Å². The van der Waals surface area contributed by atoms with E-state index in [-0.39, 0.29) is 0 Å². The molecule has 1 saturated carbocycles. The van der Waals surface area contributed by atoms with Crippen LogP contribution >= 0.6 is 0 Å². The zero-order chi connectivity index (χ0) is 15.8. The standard InChI is InChI=1S/C18H37N3/c1-7-18(4,5)15-8-9-16(19)17(10-15)21-11-13(2)20(6)14(3)12-21/h13-17H,7-12,19H2,1-6H3. The highest BCUT2D eigenvalue weighted by molar-refractivity contribution is 4.96. The summed E-state index contributed by atoms with van der Waals surface area (Å²) >= 11 is 0. The van der Waals surface area contributed by atoms with Crippen LogP contribution in [-0.4, -0.2) is 54.1 Å². The average molecular weight is 296 g/mol. The van der Waals surface area contributed by atoms with Gasteiger partial charge in [-0.15, -0.1) is 0 Å². The molecule has 124 valence electrons. The minimum Gasteiger partial charge on any atom is -0.326 e. The molecule has 3 nitrogen and oxygen atoms in total. The third kappa shape index (κ3) is 3.62. The molecule has 2 N–H and O–H groups in total. The quantitative estimate of drug-likeness (QED) is 0.869. The van der Waals surface area contributed by atoms with Crippen molar-refractivity contribution >= 4 is 0 Å². The molecule has 2 rings (SSSR count). The summed E-state index contributed by atoms with van der Waals surface area (Å²) in [6.07, 6.45) is 5.09. The molecule has 1 saturated heterocycles. The zero-order valence-corrected chi connectivity index (χ0v) is 15.1. The van der Waals surface area contributed by atoms with Gasteiger partial charge < -0.3 is 5.73 Å². The maximum atomic E-state index is 6.53. The van der Waals surface area contributed by atoms with Gasteiger partial charge in [-0.25, -0.2) is 0 Å². The second kappa shape index (κ2) is 6.55. The Balaban J connectivity index is 2.07. The van der Waals surface area contributed by atoms with Crippen LogP contribution in [0, 0.1) is 11.3 Å². The van der Waals surface area contributed by atoms with Crippen LogP contribution in [-0.2, 0) is 0 Å². The molecule has 5 atom stereocenters. The second-order valence-corrected chi connectivity index (χ2v) is 8.40. The molecule has 0 spiro atoms. The van der Waals surface area contributed by atoms with Crippen LogP contribution in [0.3, 0.4) is 0 Å². The predicted octanol–water partition coefficient (Wildman–Crippen LogP) is 2.94. The van der Waals surface area contributed by atoms with E-state index in [1.54, 1.807) is 0 Å².